The second-order valence-corrected chi connectivity index (χ2v) is 7.16. The van der Waals surface area contributed by atoms with Crippen LogP contribution in [0, 0.1) is 0 Å². The molecule has 4 rings (SSSR count). The van der Waals surface area contributed by atoms with Gasteiger partial charge in [0.15, 0.2) is 0 Å². The molecular weight excluding hydrogens is 322 g/mol. The number of imidazole rings is 1. The maximum Gasteiger partial charge on any atom is 0.329 e. The molecule has 1 unspecified atom stereocenters. The molecule has 0 N–H and O–H groups in total. The molecule has 1 saturated heterocycles. The van der Waals surface area contributed by atoms with Crippen molar-refractivity contribution >= 4 is 28.3 Å². The molecule has 2 aromatic heterocycles. The minimum atomic E-state index is -0.142. The van der Waals surface area contributed by atoms with E-state index in [1.807, 2.05) is 40.6 Å². The predicted octanol–water partition coefficient (Wildman–Crippen LogP) is 2.77. The molecule has 1 aliphatic rings. The number of thiophene rings is 1. The lowest BCUT2D eigenvalue weighted by atomic mass is 10.2. The summed E-state index contributed by atoms with van der Waals surface area (Å²) in [5.74, 6) is 0.0179. The lowest BCUT2D eigenvalue weighted by Crippen LogP contribution is -2.36. The van der Waals surface area contributed by atoms with E-state index >= 15 is 0 Å². The Morgan fingerprint density at radius 3 is 2.75 bits per heavy atom. The van der Waals surface area contributed by atoms with Crippen LogP contribution in [-0.2, 0) is 18.4 Å². The van der Waals surface area contributed by atoms with Crippen LogP contribution in [0.3, 0.4) is 0 Å². The number of hydrogen-bond acceptors (Lipinski definition) is 3. The van der Waals surface area contributed by atoms with Crippen LogP contribution in [0.1, 0.15) is 23.8 Å². The molecule has 0 aliphatic carbocycles. The van der Waals surface area contributed by atoms with Gasteiger partial charge in [0.2, 0.25) is 5.91 Å². The van der Waals surface area contributed by atoms with Gasteiger partial charge in [-0.05, 0) is 36.4 Å². The Hall–Kier alpha value is -2.34. The average Bonchev–Trinajstić information content (AvgIpc) is 3.31. The van der Waals surface area contributed by atoms with Crippen LogP contribution in [-0.4, -0.2) is 26.5 Å². The topological polar surface area (TPSA) is 47.2 Å². The van der Waals surface area contributed by atoms with E-state index in [2.05, 4.69) is 6.07 Å². The van der Waals surface area contributed by atoms with Crippen LogP contribution in [0.25, 0.3) is 11.0 Å². The number of amides is 1. The first-order valence-electron chi connectivity index (χ1n) is 8.14. The molecule has 5 nitrogen and oxygen atoms in total. The van der Waals surface area contributed by atoms with Gasteiger partial charge in [-0.1, -0.05) is 18.2 Å². The van der Waals surface area contributed by atoms with E-state index in [4.69, 9.17) is 0 Å². The van der Waals surface area contributed by atoms with Gasteiger partial charge >= 0.3 is 5.69 Å². The number of aromatic nitrogens is 2. The third kappa shape index (κ3) is 2.38. The van der Waals surface area contributed by atoms with E-state index < -0.39 is 0 Å². The van der Waals surface area contributed by atoms with E-state index in [1.165, 1.54) is 4.88 Å². The van der Waals surface area contributed by atoms with Crippen LogP contribution in [0.4, 0.5) is 0 Å². The molecule has 1 aliphatic heterocycles. The molecular formula is C18H19N3O2S. The standard InChI is InChI=1S/C18H19N3O2S/c1-19-13-6-2-3-7-14(13)21(18(19)23)12-17(22)20-10-4-8-15(20)16-9-5-11-24-16/h2-3,5-7,9,11,15H,4,8,10,12H2,1H3. The van der Waals surface area contributed by atoms with Crippen molar-refractivity contribution in [2.75, 3.05) is 6.54 Å². The highest BCUT2D eigenvalue weighted by Crippen LogP contribution is 2.34. The van der Waals surface area contributed by atoms with E-state index in [0.717, 1.165) is 30.4 Å². The third-order valence-corrected chi connectivity index (χ3v) is 5.76. The van der Waals surface area contributed by atoms with Crippen LogP contribution in [0.5, 0.6) is 0 Å². The summed E-state index contributed by atoms with van der Waals surface area (Å²) in [7, 11) is 1.75. The summed E-state index contributed by atoms with van der Waals surface area (Å²) in [6.45, 7) is 0.864. The second-order valence-electron chi connectivity index (χ2n) is 6.18. The van der Waals surface area contributed by atoms with E-state index in [-0.39, 0.29) is 24.2 Å². The number of carbonyl (C=O) groups excluding carboxylic acids is 1. The summed E-state index contributed by atoms with van der Waals surface area (Å²) in [6.07, 6.45) is 2.01. The molecule has 0 radical (unpaired) electrons. The van der Waals surface area contributed by atoms with Crippen molar-refractivity contribution < 1.29 is 4.79 Å². The van der Waals surface area contributed by atoms with Gasteiger partial charge in [0.1, 0.15) is 6.54 Å². The number of aryl methyl sites for hydroxylation is 1. The van der Waals surface area contributed by atoms with E-state index in [0.29, 0.717) is 0 Å². The summed E-state index contributed by atoms with van der Waals surface area (Å²) in [5, 5.41) is 2.05. The van der Waals surface area contributed by atoms with Crippen molar-refractivity contribution in [2.24, 2.45) is 7.05 Å². The minimum absolute atomic E-state index is 0.0179. The fourth-order valence-corrected chi connectivity index (χ4v) is 4.46. The number of benzene rings is 1. The van der Waals surface area contributed by atoms with Crippen molar-refractivity contribution in [2.45, 2.75) is 25.4 Å². The first kappa shape index (κ1) is 15.2. The summed E-state index contributed by atoms with van der Waals surface area (Å²) < 4.78 is 3.19. The van der Waals surface area contributed by atoms with Crippen LogP contribution in [0.2, 0.25) is 0 Å². The van der Waals surface area contributed by atoms with Gasteiger partial charge in [-0.3, -0.25) is 13.9 Å². The van der Waals surface area contributed by atoms with Gasteiger partial charge in [0.05, 0.1) is 17.1 Å². The Morgan fingerprint density at radius 2 is 2.00 bits per heavy atom. The summed E-state index contributed by atoms with van der Waals surface area (Å²) >= 11 is 1.69. The second kappa shape index (κ2) is 5.94. The summed E-state index contributed by atoms with van der Waals surface area (Å²) in [6, 6.07) is 11.9. The van der Waals surface area contributed by atoms with Crippen molar-refractivity contribution in [1.29, 1.82) is 0 Å². The Bertz CT molecular complexity index is 939. The molecule has 1 amide bonds. The van der Waals surface area contributed by atoms with Crippen LogP contribution < -0.4 is 5.69 Å². The molecule has 3 aromatic rings. The quantitative estimate of drug-likeness (QED) is 0.735. The number of fused-ring (bicyclic) bond motifs is 1. The van der Waals surface area contributed by atoms with E-state index in [1.54, 1.807) is 27.5 Å². The largest absolute Gasteiger partial charge is 0.333 e. The Balaban J connectivity index is 1.65. The first-order valence-corrected chi connectivity index (χ1v) is 9.02. The van der Waals surface area contributed by atoms with Crippen molar-refractivity contribution in [1.82, 2.24) is 14.0 Å². The lowest BCUT2D eigenvalue weighted by Gasteiger charge is -2.24. The van der Waals surface area contributed by atoms with Crippen molar-refractivity contribution in [3.05, 3.63) is 57.1 Å². The van der Waals surface area contributed by atoms with Gasteiger partial charge in [0.25, 0.3) is 0 Å². The summed E-state index contributed by atoms with van der Waals surface area (Å²) in [4.78, 5) is 28.6. The molecule has 1 aromatic carbocycles. The molecule has 0 spiro atoms. The summed E-state index contributed by atoms with van der Waals surface area (Å²) in [5.41, 5.74) is 1.52. The van der Waals surface area contributed by atoms with Crippen LogP contribution >= 0.6 is 11.3 Å². The highest BCUT2D eigenvalue weighted by Gasteiger charge is 2.31. The maximum absolute atomic E-state index is 12.9. The normalized spacial score (nSPS) is 17.7. The number of rotatable bonds is 3. The Labute approximate surface area is 143 Å². The number of likely N-dealkylation sites (tertiary alicyclic amines) is 1. The zero-order valence-corrected chi connectivity index (χ0v) is 14.3. The third-order valence-electron chi connectivity index (χ3n) is 4.79. The predicted molar refractivity (Wildman–Crippen MR) is 95.2 cm³/mol. The number of carbonyl (C=O) groups is 1. The van der Waals surface area contributed by atoms with Gasteiger partial charge in [-0.2, -0.15) is 0 Å². The molecule has 0 saturated carbocycles. The van der Waals surface area contributed by atoms with Crippen molar-refractivity contribution in [3.8, 4) is 0 Å². The van der Waals surface area contributed by atoms with Gasteiger partial charge in [0, 0.05) is 18.5 Å². The minimum Gasteiger partial charge on any atom is -0.333 e. The zero-order valence-electron chi connectivity index (χ0n) is 13.5. The molecule has 6 heteroatoms. The monoisotopic (exact) mass is 341 g/mol. The first-order chi connectivity index (χ1) is 11.7. The molecule has 24 heavy (non-hydrogen) atoms. The lowest BCUT2D eigenvalue weighted by molar-refractivity contribution is -0.132. The Morgan fingerprint density at radius 1 is 1.21 bits per heavy atom. The SMILES string of the molecule is Cn1c(=O)n(CC(=O)N2CCCC2c2cccs2)c2ccccc21. The molecule has 0 bridgehead atoms. The average molecular weight is 341 g/mol. The molecule has 3 heterocycles. The highest BCUT2D eigenvalue weighted by molar-refractivity contribution is 7.10. The Kier molecular flexibility index (Phi) is 3.76. The number of nitrogens with zero attached hydrogens (tertiary/aromatic N) is 3. The molecule has 124 valence electrons. The maximum atomic E-state index is 12.9. The van der Waals surface area contributed by atoms with Gasteiger partial charge in [-0.15, -0.1) is 11.3 Å². The number of hydrogen-bond donors (Lipinski definition) is 0. The van der Waals surface area contributed by atoms with Gasteiger partial charge < -0.3 is 4.90 Å². The van der Waals surface area contributed by atoms with Crippen molar-refractivity contribution in [3.63, 3.8) is 0 Å². The molecule has 1 atom stereocenters. The fraction of sp³-hybridized carbons (Fsp3) is 0.333. The zero-order chi connectivity index (χ0) is 16.7. The fourth-order valence-electron chi connectivity index (χ4n) is 3.58. The van der Waals surface area contributed by atoms with E-state index in [9.17, 15) is 9.59 Å². The number of para-hydroxylation sites is 2. The van der Waals surface area contributed by atoms with Crippen LogP contribution in [0.15, 0.2) is 46.6 Å². The smallest absolute Gasteiger partial charge is 0.329 e. The van der Waals surface area contributed by atoms with Gasteiger partial charge in [-0.25, -0.2) is 4.79 Å². The highest BCUT2D eigenvalue weighted by atomic mass is 32.1. The molecule has 1 fully saturated rings.